The third-order valence-electron chi connectivity index (χ3n) is 1.43. The van der Waals surface area contributed by atoms with Crippen molar-refractivity contribution in [2.24, 2.45) is 0 Å². The number of halogens is 1. The highest BCUT2D eigenvalue weighted by atomic mass is 35.5. The van der Waals surface area contributed by atoms with Gasteiger partial charge in [0, 0.05) is 5.56 Å². The number of fused-ring (bicyclic) bond motifs is 1. The maximum Gasteiger partial charge on any atom is 0.152 e. The van der Waals surface area contributed by atoms with Crippen LogP contribution in [0.3, 0.4) is 0 Å². The van der Waals surface area contributed by atoms with E-state index in [1.165, 1.54) is 0 Å². The zero-order chi connectivity index (χ0) is 6.97. The number of hydrogen-bond donors (Lipinski definition) is 0. The van der Waals surface area contributed by atoms with E-state index in [9.17, 15) is 0 Å². The van der Waals surface area contributed by atoms with Crippen LogP contribution in [0.15, 0.2) is 34.9 Å². The molecule has 2 heteroatoms. The molecule has 0 atom stereocenters. The van der Waals surface area contributed by atoms with E-state index < -0.39 is 0 Å². The normalized spacial score (nSPS) is 10.5. The molecule has 0 aromatic rings. The molecule has 0 bridgehead atoms. The van der Waals surface area contributed by atoms with Crippen LogP contribution in [-0.4, -0.2) is 0 Å². The molecule has 0 fully saturated rings. The molecule has 1 nitrogen and oxygen atoms in total. The predicted molar refractivity (Wildman–Crippen MR) is 40.3 cm³/mol. The molecule has 2 aliphatic rings. The van der Waals surface area contributed by atoms with Gasteiger partial charge in [0.2, 0.25) is 0 Å². The first-order chi connectivity index (χ1) is 4.88. The Morgan fingerprint density at radius 1 is 1.20 bits per heavy atom. The molecule has 1 heterocycles. The molecule has 2 rings (SSSR count). The van der Waals surface area contributed by atoms with Gasteiger partial charge in [0.25, 0.3) is 0 Å². The monoisotopic (exact) mass is 152 g/mol. The van der Waals surface area contributed by atoms with Crippen LogP contribution >= 0.6 is 11.6 Å². The zero-order valence-electron chi connectivity index (χ0n) is 5.17. The second-order valence-electron chi connectivity index (χ2n) is 2.08. The average Bonchev–Trinajstić information content (AvgIpc) is 2.34. The van der Waals surface area contributed by atoms with Crippen molar-refractivity contribution in [3.05, 3.63) is 35.6 Å². The Morgan fingerprint density at radius 2 is 2.10 bits per heavy atom. The maximum atomic E-state index is 5.78. The van der Waals surface area contributed by atoms with E-state index in [0.717, 1.165) is 11.3 Å². The van der Waals surface area contributed by atoms with E-state index in [0.29, 0.717) is 5.02 Å². The zero-order valence-corrected chi connectivity index (χ0v) is 5.93. The van der Waals surface area contributed by atoms with Crippen LogP contribution in [-0.2, 0) is 0 Å². The predicted octanol–water partition coefficient (Wildman–Crippen LogP) is 3.04. The van der Waals surface area contributed by atoms with Crippen LogP contribution in [0.5, 0.6) is 0 Å². The van der Waals surface area contributed by atoms with Crippen LogP contribution in [0.2, 0.25) is 5.02 Å². The fourth-order valence-electron chi connectivity index (χ4n) is 0.958. The average molecular weight is 153 g/mol. The molecule has 0 aromatic carbocycles. The topological polar surface area (TPSA) is 13.1 Å². The number of hydrogen-bond acceptors (Lipinski definition) is 1. The largest absolute Gasteiger partial charge is 0.463 e. The Kier molecular flexibility index (Phi) is 1.18. The van der Waals surface area contributed by atoms with Gasteiger partial charge in [0.05, 0.1) is 11.3 Å². The first kappa shape index (κ1) is 5.81. The van der Waals surface area contributed by atoms with E-state index in [1.807, 2.05) is 24.3 Å². The Labute approximate surface area is 63.6 Å². The summed E-state index contributed by atoms with van der Waals surface area (Å²) in [5.41, 5.74) is 1.05. The Morgan fingerprint density at radius 3 is 2.90 bits per heavy atom. The Balaban J connectivity index is 2.78. The van der Waals surface area contributed by atoms with Gasteiger partial charge in [-0.3, -0.25) is 0 Å². The van der Waals surface area contributed by atoms with Gasteiger partial charge in [-0.1, -0.05) is 11.6 Å². The molecule has 1 aliphatic heterocycles. The molecule has 1 aliphatic carbocycles. The quantitative estimate of drug-likeness (QED) is 0.566. The minimum Gasteiger partial charge on any atom is -0.463 e. The lowest BCUT2D eigenvalue weighted by Crippen LogP contribution is -1.69. The van der Waals surface area contributed by atoms with Crippen molar-refractivity contribution in [2.75, 3.05) is 0 Å². The summed E-state index contributed by atoms with van der Waals surface area (Å²) in [4.78, 5) is 0. The van der Waals surface area contributed by atoms with E-state index >= 15 is 0 Å². The van der Waals surface area contributed by atoms with Crippen molar-refractivity contribution in [3.63, 3.8) is 0 Å². The van der Waals surface area contributed by atoms with Gasteiger partial charge < -0.3 is 4.42 Å². The van der Waals surface area contributed by atoms with Crippen LogP contribution in [0.4, 0.5) is 0 Å². The molecular formula is C8H5ClO. The second-order valence-corrected chi connectivity index (χ2v) is 2.49. The fraction of sp³-hybridized carbons (Fsp3) is 0. The summed E-state index contributed by atoms with van der Waals surface area (Å²) in [6.07, 6.45) is 1.62. The van der Waals surface area contributed by atoms with Crippen LogP contribution in [0.1, 0.15) is 0 Å². The first-order valence-electron chi connectivity index (χ1n) is 2.99. The molecule has 0 N–H and O–H groups in total. The molecule has 10 heavy (non-hydrogen) atoms. The molecule has 0 aromatic heterocycles. The smallest absolute Gasteiger partial charge is 0.152 e. The highest BCUT2D eigenvalue weighted by Gasteiger charge is 2.07. The highest BCUT2D eigenvalue weighted by molar-refractivity contribution is 6.33. The molecular weight excluding hydrogens is 148 g/mol. The minimum atomic E-state index is 0.676. The molecule has 0 radical (unpaired) electrons. The lowest BCUT2D eigenvalue weighted by molar-refractivity contribution is 0.567. The molecule has 50 valence electrons. The van der Waals surface area contributed by atoms with Gasteiger partial charge in [0.1, 0.15) is 0 Å². The number of rotatable bonds is 0. The van der Waals surface area contributed by atoms with Crippen LogP contribution < -0.4 is 0 Å². The van der Waals surface area contributed by atoms with Gasteiger partial charge >= 0.3 is 0 Å². The molecule has 0 saturated heterocycles. The molecule has 0 spiro atoms. The van der Waals surface area contributed by atoms with Gasteiger partial charge in [-0.15, -0.1) is 0 Å². The maximum absolute atomic E-state index is 5.78. The van der Waals surface area contributed by atoms with E-state index in [4.69, 9.17) is 16.0 Å². The lowest BCUT2D eigenvalue weighted by Gasteiger charge is -1.94. The standard InChI is InChI=1S/C8H5ClO/c9-7-4-3-6-2-1-5-10-8(6)7/h1-5H. The summed E-state index contributed by atoms with van der Waals surface area (Å²) in [5.74, 6) is 0.768. The van der Waals surface area contributed by atoms with Crippen LogP contribution in [0, 0.1) is 0 Å². The van der Waals surface area contributed by atoms with E-state index in [1.54, 1.807) is 6.26 Å². The summed E-state index contributed by atoms with van der Waals surface area (Å²) in [5, 5.41) is 0.676. The highest BCUT2D eigenvalue weighted by Crippen LogP contribution is 2.30. The third-order valence-corrected chi connectivity index (χ3v) is 1.73. The lowest BCUT2D eigenvalue weighted by atomic mass is 10.3. The SMILES string of the molecule is Clc1ccc2cccoc1-2. The molecule has 0 amide bonds. The summed E-state index contributed by atoms with van der Waals surface area (Å²) in [6.45, 7) is 0. The first-order valence-corrected chi connectivity index (χ1v) is 3.37. The van der Waals surface area contributed by atoms with Crippen molar-refractivity contribution >= 4 is 11.6 Å². The van der Waals surface area contributed by atoms with Gasteiger partial charge in [-0.05, 0) is 24.3 Å². The Hall–Kier alpha value is -0.950. The van der Waals surface area contributed by atoms with Gasteiger partial charge in [-0.2, -0.15) is 0 Å². The van der Waals surface area contributed by atoms with Crippen molar-refractivity contribution in [1.29, 1.82) is 0 Å². The van der Waals surface area contributed by atoms with Crippen molar-refractivity contribution in [1.82, 2.24) is 0 Å². The molecule has 0 unspecified atom stereocenters. The fourth-order valence-corrected chi connectivity index (χ4v) is 1.17. The van der Waals surface area contributed by atoms with Crippen molar-refractivity contribution in [3.8, 4) is 11.3 Å². The summed E-state index contributed by atoms with van der Waals surface area (Å²) < 4.78 is 5.15. The van der Waals surface area contributed by atoms with E-state index in [2.05, 4.69) is 0 Å². The summed E-state index contributed by atoms with van der Waals surface area (Å²) in [7, 11) is 0. The molecule has 0 saturated carbocycles. The van der Waals surface area contributed by atoms with Gasteiger partial charge in [0.15, 0.2) is 5.76 Å². The summed E-state index contributed by atoms with van der Waals surface area (Å²) >= 11 is 5.78. The van der Waals surface area contributed by atoms with Crippen molar-refractivity contribution < 1.29 is 4.42 Å². The van der Waals surface area contributed by atoms with Crippen LogP contribution in [0.25, 0.3) is 11.3 Å². The van der Waals surface area contributed by atoms with Gasteiger partial charge in [-0.25, -0.2) is 0 Å². The minimum absolute atomic E-state index is 0.676. The summed E-state index contributed by atoms with van der Waals surface area (Å²) in [6, 6.07) is 7.57. The second kappa shape index (κ2) is 2.03. The third kappa shape index (κ3) is 0.711. The Bertz CT molecular complexity index is 313. The van der Waals surface area contributed by atoms with E-state index in [-0.39, 0.29) is 0 Å². The van der Waals surface area contributed by atoms with Crippen molar-refractivity contribution in [2.45, 2.75) is 0 Å².